The van der Waals surface area contributed by atoms with E-state index in [2.05, 4.69) is 20.9 Å². The van der Waals surface area contributed by atoms with Crippen molar-refractivity contribution in [3.05, 3.63) is 56.2 Å². The molecule has 0 spiro atoms. The molecule has 0 aliphatic rings. The molecule has 0 saturated carbocycles. The minimum atomic E-state index is -1.40. The van der Waals surface area contributed by atoms with E-state index in [4.69, 9.17) is 9.84 Å². The summed E-state index contributed by atoms with van der Waals surface area (Å²) >= 11 is 3.27. The summed E-state index contributed by atoms with van der Waals surface area (Å²) in [4.78, 5) is 25.1. The van der Waals surface area contributed by atoms with Gasteiger partial charge in [-0.25, -0.2) is 9.78 Å². The zero-order valence-corrected chi connectivity index (χ0v) is 12.3. The second-order valence-electron chi connectivity index (χ2n) is 4.12. The van der Waals surface area contributed by atoms with Gasteiger partial charge in [0.2, 0.25) is 5.88 Å². The Labute approximate surface area is 127 Å². The van der Waals surface area contributed by atoms with Gasteiger partial charge >= 0.3 is 5.97 Å². The Kier molecular flexibility index (Phi) is 4.18. The predicted molar refractivity (Wildman–Crippen MR) is 76.8 cm³/mol. The number of hydrogen-bond acceptors (Lipinski definition) is 5. The van der Waals surface area contributed by atoms with E-state index >= 15 is 0 Å². The van der Waals surface area contributed by atoms with Gasteiger partial charge in [-0.15, -0.1) is 0 Å². The number of aromatic carboxylic acids is 1. The number of aryl methyl sites for hydroxylation is 1. The first kappa shape index (κ1) is 14.9. The summed E-state index contributed by atoms with van der Waals surface area (Å²) in [6.07, 6.45) is 1.53. The Morgan fingerprint density at radius 3 is 2.71 bits per heavy atom. The maximum atomic E-state index is 11.1. The summed E-state index contributed by atoms with van der Waals surface area (Å²) in [5.41, 5.74) is -0.192. The number of carbonyl (C=O) groups is 1. The van der Waals surface area contributed by atoms with Gasteiger partial charge in [0.25, 0.3) is 5.69 Å². The average Bonchev–Trinajstić information content (AvgIpc) is 2.41. The molecule has 0 fully saturated rings. The van der Waals surface area contributed by atoms with E-state index in [0.717, 1.165) is 22.2 Å². The van der Waals surface area contributed by atoms with Crippen molar-refractivity contribution in [1.29, 1.82) is 0 Å². The van der Waals surface area contributed by atoms with Gasteiger partial charge in [-0.2, -0.15) is 0 Å². The normalized spacial score (nSPS) is 10.2. The SMILES string of the molecule is Cc1cc(Br)cnc1Oc1ccc([N+](=O)[O-])c(C(=O)O)c1. The third kappa shape index (κ3) is 3.34. The fraction of sp³-hybridized carbons (Fsp3) is 0.0769. The van der Waals surface area contributed by atoms with Crippen LogP contribution in [-0.4, -0.2) is 21.0 Å². The molecule has 1 aromatic heterocycles. The molecule has 0 amide bonds. The minimum Gasteiger partial charge on any atom is -0.477 e. The van der Waals surface area contributed by atoms with E-state index in [0.29, 0.717) is 5.88 Å². The molecule has 1 aromatic carbocycles. The van der Waals surface area contributed by atoms with Crippen molar-refractivity contribution in [2.24, 2.45) is 0 Å². The van der Waals surface area contributed by atoms with Gasteiger partial charge in [0.1, 0.15) is 11.3 Å². The van der Waals surface area contributed by atoms with E-state index in [1.807, 2.05) is 0 Å². The van der Waals surface area contributed by atoms with Crippen molar-refractivity contribution < 1.29 is 19.6 Å². The molecule has 21 heavy (non-hydrogen) atoms. The molecule has 0 aliphatic heterocycles. The minimum absolute atomic E-state index is 0.163. The number of carboxylic acid groups (broad SMARTS) is 1. The number of pyridine rings is 1. The van der Waals surface area contributed by atoms with Crippen LogP contribution in [0.2, 0.25) is 0 Å². The van der Waals surface area contributed by atoms with E-state index in [9.17, 15) is 14.9 Å². The first-order chi connectivity index (χ1) is 9.88. The Hall–Kier alpha value is -2.48. The third-order valence-corrected chi connectivity index (χ3v) is 3.04. The highest BCUT2D eigenvalue weighted by molar-refractivity contribution is 9.10. The Morgan fingerprint density at radius 2 is 2.14 bits per heavy atom. The van der Waals surface area contributed by atoms with Gasteiger partial charge in [0.15, 0.2) is 0 Å². The molecule has 1 N–H and O–H groups in total. The first-order valence-corrected chi connectivity index (χ1v) is 6.49. The number of benzene rings is 1. The second kappa shape index (κ2) is 5.88. The fourth-order valence-electron chi connectivity index (χ4n) is 1.66. The topological polar surface area (TPSA) is 103 Å². The monoisotopic (exact) mass is 352 g/mol. The number of nitro benzene ring substituents is 1. The molecular weight excluding hydrogens is 344 g/mol. The number of halogens is 1. The molecule has 108 valence electrons. The lowest BCUT2D eigenvalue weighted by Gasteiger charge is -2.08. The molecule has 0 radical (unpaired) electrons. The number of rotatable bonds is 4. The molecule has 1 heterocycles. The smallest absolute Gasteiger partial charge is 0.342 e. The molecule has 0 bridgehead atoms. The zero-order valence-electron chi connectivity index (χ0n) is 10.7. The van der Waals surface area contributed by atoms with Gasteiger partial charge in [-0.1, -0.05) is 0 Å². The number of aromatic nitrogens is 1. The molecular formula is C13H9BrN2O5. The molecule has 8 heteroatoms. The van der Waals surface area contributed by atoms with Gasteiger partial charge in [0.05, 0.1) is 4.92 Å². The van der Waals surface area contributed by atoms with Crippen molar-refractivity contribution in [3.8, 4) is 11.6 Å². The first-order valence-electron chi connectivity index (χ1n) is 5.70. The van der Waals surface area contributed by atoms with E-state index in [1.165, 1.54) is 12.3 Å². The van der Waals surface area contributed by atoms with E-state index < -0.39 is 22.1 Å². The summed E-state index contributed by atoms with van der Waals surface area (Å²) in [5.74, 6) is -0.938. The largest absolute Gasteiger partial charge is 0.477 e. The molecule has 0 unspecified atom stereocenters. The Bertz CT molecular complexity index is 732. The lowest BCUT2D eigenvalue weighted by atomic mass is 10.1. The van der Waals surface area contributed by atoms with Crippen LogP contribution in [0.5, 0.6) is 11.6 Å². The summed E-state index contributed by atoms with van der Waals surface area (Å²) in [6, 6.07) is 5.30. The predicted octanol–water partition coefficient (Wildman–Crippen LogP) is 3.55. The van der Waals surface area contributed by atoms with Crippen molar-refractivity contribution in [1.82, 2.24) is 4.98 Å². The van der Waals surface area contributed by atoms with Crippen LogP contribution in [0.3, 0.4) is 0 Å². The fourth-order valence-corrected chi connectivity index (χ4v) is 2.10. The molecule has 2 aromatic rings. The maximum absolute atomic E-state index is 11.1. The van der Waals surface area contributed by atoms with Gasteiger partial charge in [-0.05, 0) is 35.0 Å². The van der Waals surface area contributed by atoms with Crippen molar-refractivity contribution in [3.63, 3.8) is 0 Å². The van der Waals surface area contributed by atoms with Crippen molar-refractivity contribution in [2.75, 3.05) is 0 Å². The molecule has 7 nitrogen and oxygen atoms in total. The highest BCUT2D eigenvalue weighted by Gasteiger charge is 2.20. The number of carboxylic acids is 1. The number of hydrogen-bond donors (Lipinski definition) is 1. The maximum Gasteiger partial charge on any atom is 0.342 e. The van der Waals surface area contributed by atoms with Crippen LogP contribution in [0.4, 0.5) is 5.69 Å². The van der Waals surface area contributed by atoms with Crippen molar-refractivity contribution >= 4 is 27.6 Å². The summed E-state index contributed by atoms with van der Waals surface area (Å²) < 4.78 is 6.25. The lowest BCUT2D eigenvalue weighted by Crippen LogP contribution is -2.03. The summed E-state index contributed by atoms with van der Waals surface area (Å²) in [5, 5.41) is 19.8. The highest BCUT2D eigenvalue weighted by atomic mass is 79.9. The number of nitro groups is 1. The standard InChI is InChI=1S/C13H9BrN2O5/c1-7-4-8(14)6-15-12(7)21-9-2-3-11(16(19)20)10(5-9)13(17)18/h2-6H,1H3,(H,17,18). The van der Waals surface area contributed by atoms with Gasteiger partial charge in [0, 0.05) is 28.4 Å². The summed E-state index contributed by atoms with van der Waals surface area (Å²) in [7, 11) is 0. The lowest BCUT2D eigenvalue weighted by molar-refractivity contribution is -0.385. The quantitative estimate of drug-likeness (QED) is 0.666. The molecule has 0 atom stereocenters. The van der Waals surface area contributed by atoms with Crippen molar-refractivity contribution in [2.45, 2.75) is 6.92 Å². The van der Waals surface area contributed by atoms with Gasteiger partial charge in [-0.3, -0.25) is 10.1 Å². The van der Waals surface area contributed by atoms with Crippen LogP contribution in [-0.2, 0) is 0 Å². The van der Waals surface area contributed by atoms with Crippen LogP contribution in [0.1, 0.15) is 15.9 Å². The van der Waals surface area contributed by atoms with Crippen LogP contribution in [0.15, 0.2) is 34.9 Å². The van der Waals surface area contributed by atoms with Gasteiger partial charge < -0.3 is 9.84 Å². The summed E-state index contributed by atoms with van der Waals surface area (Å²) in [6.45, 7) is 1.77. The molecule has 2 rings (SSSR count). The van der Waals surface area contributed by atoms with Crippen LogP contribution < -0.4 is 4.74 Å². The zero-order chi connectivity index (χ0) is 15.6. The number of ether oxygens (including phenoxy) is 1. The van der Waals surface area contributed by atoms with Crippen LogP contribution >= 0.6 is 15.9 Å². The van der Waals surface area contributed by atoms with Crippen LogP contribution in [0.25, 0.3) is 0 Å². The van der Waals surface area contributed by atoms with E-state index in [1.54, 1.807) is 13.0 Å². The van der Waals surface area contributed by atoms with Crippen LogP contribution in [0, 0.1) is 17.0 Å². The number of nitrogens with zero attached hydrogens (tertiary/aromatic N) is 2. The third-order valence-electron chi connectivity index (χ3n) is 2.61. The molecule has 0 saturated heterocycles. The van der Waals surface area contributed by atoms with E-state index in [-0.39, 0.29) is 5.75 Å². The molecule has 0 aliphatic carbocycles. The second-order valence-corrected chi connectivity index (χ2v) is 5.03. The Balaban J connectivity index is 2.39. The Morgan fingerprint density at radius 1 is 1.43 bits per heavy atom. The highest BCUT2D eigenvalue weighted by Crippen LogP contribution is 2.29. The average molecular weight is 353 g/mol.